The number of carbonyl (C=O) groups is 1. The van der Waals surface area contributed by atoms with E-state index >= 15 is 0 Å². The lowest BCUT2D eigenvalue weighted by Crippen LogP contribution is -2.42. The lowest BCUT2D eigenvalue weighted by Gasteiger charge is -2.42. The minimum Gasteiger partial charge on any atom is -0.497 e. The third kappa shape index (κ3) is 2.73. The van der Waals surface area contributed by atoms with E-state index in [2.05, 4.69) is 6.07 Å². The topological polar surface area (TPSA) is 85.3 Å². The van der Waals surface area contributed by atoms with Crippen molar-refractivity contribution >= 4 is 16.6 Å². The average molecular weight is 422 g/mol. The van der Waals surface area contributed by atoms with Crippen LogP contribution in [0.15, 0.2) is 89.5 Å². The number of nitrogens with zero attached hydrogens (tertiary/aromatic N) is 1. The molecule has 158 valence electrons. The van der Waals surface area contributed by atoms with Gasteiger partial charge in [0.25, 0.3) is 0 Å². The molecule has 1 aliphatic heterocycles. The first-order chi connectivity index (χ1) is 15.6. The SMILES string of the molecule is COc1ccc(C2(c3cccc4ccccc34)C(C#N)=C(N)OC3=C2C(=O)CCC3)cc1. The molecule has 1 heterocycles. The van der Waals surface area contributed by atoms with Gasteiger partial charge in [-0.15, -0.1) is 0 Å². The number of rotatable bonds is 3. The smallest absolute Gasteiger partial charge is 0.205 e. The number of hydrogen-bond donors (Lipinski definition) is 1. The van der Waals surface area contributed by atoms with Crippen LogP contribution in [0.5, 0.6) is 5.75 Å². The van der Waals surface area contributed by atoms with Gasteiger partial charge >= 0.3 is 0 Å². The Morgan fingerprint density at radius 3 is 2.53 bits per heavy atom. The van der Waals surface area contributed by atoms with Crippen LogP contribution in [0.25, 0.3) is 10.8 Å². The van der Waals surface area contributed by atoms with Crippen LogP contribution in [-0.4, -0.2) is 12.9 Å². The highest BCUT2D eigenvalue weighted by atomic mass is 16.5. The maximum Gasteiger partial charge on any atom is 0.205 e. The van der Waals surface area contributed by atoms with Crippen LogP contribution in [-0.2, 0) is 14.9 Å². The molecule has 0 amide bonds. The zero-order valence-corrected chi connectivity index (χ0v) is 17.7. The second-order valence-corrected chi connectivity index (χ2v) is 8.03. The number of nitrogens with two attached hydrogens (primary N) is 1. The fourth-order valence-electron chi connectivity index (χ4n) is 5.07. The second kappa shape index (κ2) is 7.58. The van der Waals surface area contributed by atoms with Gasteiger partial charge in [-0.2, -0.15) is 5.26 Å². The quantitative estimate of drug-likeness (QED) is 0.651. The molecule has 0 aromatic heterocycles. The molecule has 1 atom stereocenters. The standard InChI is InChI=1S/C27H22N2O3/c1-31-19-14-12-18(13-15-19)27(21-9-4-7-17-6-2-3-8-20(17)21)22(16-28)26(29)32-24-11-5-10-23(30)25(24)27/h2-4,6-9,12-15H,5,10-11,29H2,1H3. The van der Waals surface area contributed by atoms with E-state index in [1.54, 1.807) is 7.11 Å². The number of methoxy groups -OCH3 is 1. The van der Waals surface area contributed by atoms with Crippen molar-refractivity contribution in [3.63, 3.8) is 0 Å². The number of Topliss-reactive ketones (excluding diaryl/α,β-unsaturated/α-hetero) is 1. The third-order valence-corrected chi connectivity index (χ3v) is 6.42. The molecule has 0 spiro atoms. The Kier molecular flexibility index (Phi) is 4.71. The highest BCUT2D eigenvalue weighted by Crippen LogP contribution is 2.53. The molecule has 5 rings (SSSR count). The molecular weight excluding hydrogens is 400 g/mol. The Morgan fingerprint density at radius 1 is 1.03 bits per heavy atom. The molecule has 0 radical (unpaired) electrons. The van der Waals surface area contributed by atoms with Crippen molar-refractivity contribution in [2.45, 2.75) is 24.7 Å². The molecule has 1 aliphatic carbocycles. The van der Waals surface area contributed by atoms with Crippen molar-refractivity contribution in [3.05, 3.63) is 101 Å². The monoisotopic (exact) mass is 422 g/mol. The third-order valence-electron chi connectivity index (χ3n) is 6.42. The Morgan fingerprint density at radius 2 is 1.78 bits per heavy atom. The lowest BCUT2D eigenvalue weighted by molar-refractivity contribution is -0.117. The van der Waals surface area contributed by atoms with E-state index in [0.29, 0.717) is 36.3 Å². The first-order valence-corrected chi connectivity index (χ1v) is 10.6. The second-order valence-electron chi connectivity index (χ2n) is 8.03. The van der Waals surface area contributed by atoms with Crippen LogP contribution in [0.1, 0.15) is 30.4 Å². The van der Waals surface area contributed by atoms with E-state index < -0.39 is 5.41 Å². The maximum atomic E-state index is 13.5. The van der Waals surface area contributed by atoms with E-state index in [1.165, 1.54) is 0 Å². The fraction of sp³-hybridized carbons (Fsp3) is 0.185. The number of benzene rings is 3. The van der Waals surface area contributed by atoms with E-state index in [-0.39, 0.29) is 17.2 Å². The first-order valence-electron chi connectivity index (χ1n) is 10.6. The van der Waals surface area contributed by atoms with E-state index in [1.807, 2.05) is 66.7 Å². The Labute approximate surface area is 186 Å². The van der Waals surface area contributed by atoms with Gasteiger partial charge in [-0.1, -0.05) is 54.6 Å². The molecule has 1 unspecified atom stereocenters. The molecule has 0 saturated heterocycles. The number of fused-ring (bicyclic) bond motifs is 1. The minimum atomic E-state index is -1.17. The van der Waals surface area contributed by atoms with Gasteiger partial charge in [0.1, 0.15) is 23.2 Å². The average Bonchev–Trinajstić information content (AvgIpc) is 2.83. The minimum absolute atomic E-state index is 0.0183. The van der Waals surface area contributed by atoms with Crippen molar-refractivity contribution in [1.82, 2.24) is 0 Å². The number of nitriles is 1. The van der Waals surface area contributed by atoms with Gasteiger partial charge in [-0.3, -0.25) is 4.79 Å². The number of ketones is 1. The van der Waals surface area contributed by atoms with Gasteiger partial charge in [-0.05, 0) is 40.5 Å². The van der Waals surface area contributed by atoms with E-state index in [4.69, 9.17) is 15.2 Å². The highest BCUT2D eigenvalue weighted by Gasteiger charge is 2.52. The number of carbonyl (C=O) groups excluding carboxylic acids is 1. The predicted octanol–water partition coefficient (Wildman–Crippen LogP) is 4.87. The Balaban J connectivity index is 1.98. The number of hydrogen-bond acceptors (Lipinski definition) is 5. The summed E-state index contributed by atoms with van der Waals surface area (Å²) in [5, 5.41) is 12.3. The van der Waals surface area contributed by atoms with E-state index in [9.17, 15) is 10.1 Å². The molecule has 3 aromatic rings. The van der Waals surface area contributed by atoms with Crippen LogP contribution in [0.4, 0.5) is 0 Å². The molecular formula is C27H22N2O3. The summed E-state index contributed by atoms with van der Waals surface area (Å²) in [6, 6.07) is 23.7. The van der Waals surface area contributed by atoms with Gasteiger partial charge in [-0.25, -0.2) is 0 Å². The van der Waals surface area contributed by atoms with Gasteiger partial charge in [0.2, 0.25) is 5.88 Å². The molecule has 3 aromatic carbocycles. The maximum absolute atomic E-state index is 13.5. The molecule has 0 saturated carbocycles. The van der Waals surface area contributed by atoms with Gasteiger partial charge in [0.15, 0.2) is 5.78 Å². The summed E-state index contributed by atoms with van der Waals surface area (Å²) >= 11 is 0. The molecule has 2 aliphatic rings. The normalized spacial score (nSPS) is 20.6. The molecule has 32 heavy (non-hydrogen) atoms. The van der Waals surface area contributed by atoms with Crippen molar-refractivity contribution in [2.75, 3.05) is 7.11 Å². The van der Waals surface area contributed by atoms with Crippen LogP contribution < -0.4 is 10.5 Å². The molecule has 5 nitrogen and oxygen atoms in total. The molecule has 2 N–H and O–H groups in total. The largest absolute Gasteiger partial charge is 0.497 e. The predicted molar refractivity (Wildman–Crippen MR) is 122 cm³/mol. The molecule has 0 fully saturated rings. The van der Waals surface area contributed by atoms with Crippen LogP contribution in [0, 0.1) is 11.3 Å². The summed E-state index contributed by atoms with van der Waals surface area (Å²) in [6.45, 7) is 0. The van der Waals surface area contributed by atoms with Gasteiger partial charge in [0, 0.05) is 12.8 Å². The summed E-state index contributed by atoms with van der Waals surface area (Å²) in [5.41, 5.74) is 7.54. The van der Waals surface area contributed by atoms with Crippen LogP contribution in [0.2, 0.25) is 0 Å². The number of ether oxygens (including phenoxy) is 2. The summed E-state index contributed by atoms with van der Waals surface area (Å²) < 4.78 is 11.3. The summed E-state index contributed by atoms with van der Waals surface area (Å²) in [4.78, 5) is 13.5. The summed E-state index contributed by atoms with van der Waals surface area (Å²) in [7, 11) is 1.60. The van der Waals surface area contributed by atoms with Crippen molar-refractivity contribution in [2.24, 2.45) is 5.73 Å². The van der Waals surface area contributed by atoms with E-state index in [0.717, 1.165) is 21.9 Å². The highest BCUT2D eigenvalue weighted by molar-refractivity contribution is 6.04. The summed E-state index contributed by atoms with van der Waals surface area (Å²) in [6.07, 6.45) is 1.70. The zero-order valence-electron chi connectivity index (χ0n) is 17.7. The van der Waals surface area contributed by atoms with Crippen LogP contribution in [0.3, 0.4) is 0 Å². The Bertz CT molecular complexity index is 1340. The van der Waals surface area contributed by atoms with Crippen molar-refractivity contribution in [1.29, 1.82) is 5.26 Å². The summed E-state index contributed by atoms with van der Waals surface area (Å²) in [5.74, 6) is 1.27. The number of allylic oxidation sites excluding steroid dienone is 3. The molecule has 0 bridgehead atoms. The van der Waals surface area contributed by atoms with Crippen molar-refractivity contribution < 1.29 is 14.3 Å². The first kappa shape index (κ1) is 19.9. The zero-order chi connectivity index (χ0) is 22.3. The van der Waals surface area contributed by atoms with Gasteiger partial charge in [0.05, 0.1) is 18.1 Å². The van der Waals surface area contributed by atoms with Crippen LogP contribution >= 0.6 is 0 Å². The lowest BCUT2D eigenvalue weighted by atomic mass is 9.60. The molecule has 5 heteroatoms. The fourth-order valence-corrected chi connectivity index (χ4v) is 5.07. The Hall–Kier alpha value is -4.04. The van der Waals surface area contributed by atoms with Crippen molar-refractivity contribution in [3.8, 4) is 11.8 Å². The van der Waals surface area contributed by atoms with Gasteiger partial charge < -0.3 is 15.2 Å².